The fourth-order valence-corrected chi connectivity index (χ4v) is 2.84. The molecule has 2 aromatic rings. The normalized spacial score (nSPS) is 11.8. The second-order valence-corrected chi connectivity index (χ2v) is 6.22. The lowest BCUT2D eigenvalue weighted by Gasteiger charge is -2.17. The molecule has 0 bridgehead atoms. The van der Waals surface area contributed by atoms with Gasteiger partial charge < -0.3 is 19.2 Å². The summed E-state index contributed by atoms with van der Waals surface area (Å²) in [5.74, 6) is 3.81. The topological polar surface area (TPSA) is 60.7 Å². The maximum atomic E-state index is 12.2. The SMILES string of the molecule is CCC(Oc1cccc(OC)c1)C(=O)NCCSCc1ccco1. The molecule has 1 N–H and O–H groups in total. The highest BCUT2D eigenvalue weighted by Gasteiger charge is 2.18. The van der Waals surface area contributed by atoms with Gasteiger partial charge in [-0.25, -0.2) is 0 Å². The summed E-state index contributed by atoms with van der Waals surface area (Å²) in [6.07, 6.45) is 1.76. The third-order valence-electron chi connectivity index (χ3n) is 3.35. The molecule has 1 aromatic heterocycles. The van der Waals surface area contributed by atoms with Gasteiger partial charge in [0.15, 0.2) is 6.10 Å². The molecule has 0 radical (unpaired) electrons. The van der Waals surface area contributed by atoms with Crippen LogP contribution in [0.3, 0.4) is 0 Å². The van der Waals surface area contributed by atoms with Gasteiger partial charge in [-0.1, -0.05) is 13.0 Å². The third-order valence-corrected chi connectivity index (χ3v) is 4.33. The van der Waals surface area contributed by atoms with Gasteiger partial charge in [0.2, 0.25) is 0 Å². The van der Waals surface area contributed by atoms with Gasteiger partial charge in [-0.3, -0.25) is 4.79 Å². The van der Waals surface area contributed by atoms with Crippen molar-refractivity contribution in [1.82, 2.24) is 5.32 Å². The van der Waals surface area contributed by atoms with Crippen LogP contribution in [0, 0.1) is 0 Å². The Morgan fingerprint density at radius 3 is 2.83 bits per heavy atom. The Kier molecular flexibility index (Phi) is 7.55. The summed E-state index contributed by atoms with van der Waals surface area (Å²) in [5.41, 5.74) is 0. The third kappa shape index (κ3) is 5.85. The van der Waals surface area contributed by atoms with Crippen molar-refractivity contribution in [2.24, 2.45) is 0 Å². The molecule has 1 unspecified atom stereocenters. The zero-order valence-electron chi connectivity index (χ0n) is 14.0. The largest absolute Gasteiger partial charge is 0.497 e. The van der Waals surface area contributed by atoms with Gasteiger partial charge in [-0.15, -0.1) is 0 Å². The van der Waals surface area contributed by atoms with Gasteiger partial charge in [0, 0.05) is 18.4 Å². The van der Waals surface area contributed by atoms with Crippen LogP contribution in [0.15, 0.2) is 47.1 Å². The van der Waals surface area contributed by atoms with Crippen LogP contribution < -0.4 is 14.8 Å². The van der Waals surface area contributed by atoms with Gasteiger partial charge in [0.25, 0.3) is 5.91 Å². The van der Waals surface area contributed by atoms with Crippen LogP contribution in [0.25, 0.3) is 0 Å². The Morgan fingerprint density at radius 1 is 1.29 bits per heavy atom. The van der Waals surface area contributed by atoms with E-state index in [9.17, 15) is 4.79 Å². The fraction of sp³-hybridized carbons (Fsp3) is 0.389. The minimum absolute atomic E-state index is 0.0982. The average Bonchev–Trinajstić information content (AvgIpc) is 3.12. The monoisotopic (exact) mass is 349 g/mol. The zero-order chi connectivity index (χ0) is 17.2. The Labute approximate surface area is 146 Å². The summed E-state index contributed by atoms with van der Waals surface area (Å²) in [7, 11) is 1.60. The molecule has 5 nitrogen and oxygen atoms in total. The minimum Gasteiger partial charge on any atom is -0.497 e. The molecule has 0 aliphatic carbocycles. The second-order valence-electron chi connectivity index (χ2n) is 5.12. The van der Waals surface area contributed by atoms with Gasteiger partial charge in [-0.2, -0.15) is 11.8 Å². The Bertz CT molecular complexity index is 615. The maximum absolute atomic E-state index is 12.2. The number of methoxy groups -OCH3 is 1. The molecule has 1 aromatic carbocycles. The number of benzene rings is 1. The first-order chi connectivity index (χ1) is 11.7. The van der Waals surface area contributed by atoms with Crippen molar-refractivity contribution in [3.63, 3.8) is 0 Å². The molecule has 0 aliphatic heterocycles. The van der Waals surface area contributed by atoms with Gasteiger partial charge in [0.05, 0.1) is 19.1 Å². The van der Waals surface area contributed by atoms with E-state index in [-0.39, 0.29) is 5.91 Å². The summed E-state index contributed by atoms with van der Waals surface area (Å²) in [5, 5.41) is 2.92. The Hall–Kier alpha value is -2.08. The van der Waals surface area contributed by atoms with E-state index in [2.05, 4.69) is 5.32 Å². The predicted molar refractivity (Wildman–Crippen MR) is 95.6 cm³/mol. The molecule has 0 aliphatic rings. The molecular weight excluding hydrogens is 326 g/mol. The molecule has 1 amide bonds. The summed E-state index contributed by atoms with van der Waals surface area (Å²) in [4.78, 5) is 12.2. The zero-order valence-corrected chi connectivity index (χ0v) is 14.8. The molecule has 1 atom stereocenters. The highest BCUT2D eigenvalue weighted by atomic mass is 32.2. The summed E-state index contributed by atoms with van der Waals surface area (Å²) < 4.78 is 16.2. The smallest absolute Gasteiger partial charge is 0.261 e. The molecule has 0 spiro atoms. The minimum atomic E-state index is -0.507. The lowest BCUT2D eigenvalue weighted by atomic mass is 10.2. The number of rotatable bonds is 10. The van der Waals surface area contributed by atoms with Crippen molar-refractivity contribution in [1.29, 1.82) is 0 Å². The van der Waals surface area contributed by atoms with Gasteiger partial charge in [0.1, 0.15) is 17.3 Å². The van der Waals surface area contributed by atoms with Crippen LogP contribution >= 0.6 is 11.8 Å². The number of nitrogens with one attached hydrogen (secondary N) is 1. The quantitative estimate of drug-likeness (QED) is 0.665. The van der Waals surface area contributed by atoms with E-state index in [4.69, 9.17) is 13.9 Å². The van der Waals surface area contributed by atoms with E-state index in [1.807, 2.05) is 37.3 Å². The van der Waals surface area contributed by atoms with E-state index in [0.717, 1.165) is 17.3 Å². The number of thioether (sulfide) groups is 1. The molecule has 0 saturated heterocycles. The van der Waals surface area contributed by atoms with E-state index >= 15 is 0 Å². The number of hydrogen-bond acceptors (Lipinski definition) is 5. The second kappa shape index (κ2) is 9.93. The van der Waals surface area contributed by atoms with E-state index < -0.39 is 6.10 Å². The van der Waals surface area contributed by atoms with Crippen molar-refractivity contribution >= 4 is 17.7 Å². The molecule has 24 heavy (non-hydrogen) atoms. The summed E-state index contributed by atoms with van der Waals surface area (Å²) in [6, 6.07) is 11.1. The molecule has 130 valence electrons. The van der Waals surface area contributed by atoms with Crippen LogP contribution in [0.2, 0.25) is 0 Å². The number of carbonyl (C=O) groups is 1. The molecular formula is C18H23NO4S. The van der Waals surface area contributed by atoms with Crippen LogP contribution in [0.4, 0.5) is 0 Å². The summed E-state index contributed by atoms with van der Waals surface area (Å²) >= 11 is 1.72. The molecule has 0 fully saturated rings. The molecule has 6 heteroatoms. The predicted octanol–water partition coefficient (Wildman–Crippen LogP) is 3.50. The van der Waals surface area contributed by atoms with E-state index in [0.29, 0.717) is 24.5 Å². The van der Waals surface area contributed by atoms with Crippen molar-refractivity contribution in [2.75, 3.05) is 19.4 Å². The maximum Gasteiger partial charge on any atom is 0.261 e. The first-order valence-electron chi connectivity index (χ1n) is 7.91. The first-order valence-corrected chi connectivity index (χ1v) is 9.07. The molecule has 1 heterocycles. The van der Waals surface area contributed by atoms with Crippen molar-refractivity contribution in [3.8, 4) is 11.5 Å². The van der Waals surface area contributed by atoms with Crippen molar-refractivity contribution in [3.05, 3.63) is 48.4 Å². The van der Waals surface area contributed by atoms with Gasteiger partial charge in [-0.05, 0) is 30.7 Å². The van der Waals surface area contributed by atoms with E-state index in [1.54, 1.807) is 31.2 Å². The molecule has 0 saturated carbocycles. The van der Waals surface area contributed by atoms with Crippen LogP contribution in [0.5, 0.6) is 11.5 Å². The number of carbonyl (C=O) groups excluding carboxylic acids is 1. The fourth-order valence-electron chi connectivity index (χ4n) is 2.09. The van der Waals surface area contributed by atoms with Crippen LogP contribution in [-0.2, 0) is 10.5 Å². The standard InChI is InChI=1S/C18H23NO4S/c1-3-17(23-15-7-4-6-14(12-15)21-2)18(20)19-9-11-24-13-16-8-5-10-22-16/h4-8,10,12,17H,3,9,11,13H2,1-2H3,(H,19,20). The van der Waals surface area contributed by atoms with Crippen LogP contribution in [-0.4, -0.2) is 31.4 Å². The van der Waals surface area contributed by atoms with Crippen LogP contribution in [0.1, 0.15) is 19.1 Å². The lowest BCUT2D eigenvalue weighted by molar-refractivity contribution is -0.127. The Morgan fingerprint density at radius 2 is 2.12 bits per heavy atom. The number of amides is 1. The number of hydrogen-bond donors (Lipinski definition) is 1. The number of ether oxygens (including phenoxy) is 2. The average molecular weight is 349 g/mol. The Balaban J connectivity index is 1.72. The molecule has 2 rings (SSSR count). The first kappa shape index (κ1) is 18.3. The highest BCUT2D eigenvalue weighted by Crippen LogP contribution is 2.20. The highest BCUT2D eigenvalue weighted by molar-refractivity contribution is 7.98. The van der Waals surface area contributed by atoms with Crippen molar-refractivity contribution < 1.29 is 18.7 Å². The van der Waals surface area contributed by atoms with E-state index in [1.165, 1.54) is 0 Å². The number of furan rings is 1. The summed E-state index contributed by atoms with van der Waals surface area (Å²) in [6.45, 7) is 2.53. The lowest BCUT2D eigenvalue weighted by Crippen LogP contribution is -2.39. The van der Waals surface area contributed by atoms with Crippen molar-refractivity contribution in [2.45, 2.75) is 25.2 Å². The van der Waals surface area contributed by atoms with Gasteiger partial charge >= 0.3 is 0 Å².